The molecule has 128 valence electrons. The topological polar surface area (TPSA) is 50.7 Å². The van der Waals surface area contributed by atoms with Crippen LogP contribution in [-0.4, -0.2) is 36.5 Å². The van der Waals surface area contributed by atoms with E-state index in [-0.39, 0.29) is 18.2 Å². The zero-order chi connectivity index (χ0) is 16.8. The van der Waals surface area contributed by atoms with Crippen molar-refractivity contribution in [1.29, 1.82) is 0 Å². The maximum absolute atomic E-state index is 10.5. The van der Waals surface area contributed by atoms with Crippen molar-refractivity contribution in [3.05, 3.63) is 71.8 Å². The summed E-state index contributed by atoms with van der Waals surface area (Å²) in [7, 11) is 1.85. The fourth-order valence-corrected chi connectivity index (χ4v) is 3.22. The van der Waals surface area contributed by atoms with E-state index in [0.29, 0.717) is 19.6 Å². The Morgan fingerprint density at radius 3 is 1.88 bits per heavy atom. The molecule has 4 nitrogen and oxygen atoms in total. The number of aliphatic hydroxyl groups excluding tert-OH is 1. The van der Waals surface area contributed by atoms with Gasteiger partial charge in [0.05, 0.1) is 37.6 Å². The molecule has 0 spiro atoms. The van der Waals surface area contributed by atoms with Gasteiger partial charge >= 0.3 is 0 Å². The van der Waals surface area contributed by atoms with Crippen molar-refractivity contribution in [3.63, 3.8) is 0 Å². The number of nitrogens with one attached hydrogen (secondary N) is 1. The van der Waals surface area contributed by atoms with Crippen LogP contribution in [0.25, 0.3) is 0 Å². The van der Waals surface area contributed by atoms with Gasteiger partial charge in [-0.15, -0.1) is 0 Å². The highest BCUT2D eigenvalue weighted by atomic mass is 16.5. The van der Waals surface area contributed by atoms with Gasteiger partial charge in [-0.2, -0.15) is 0 Å². The van der Waals surface area contributed by atoms with Gasteiger partial charge in [0.25, 0.3) is 0 Å². The summed E-state index contributed by atoms with van der Waals surface area (Å²) in [5.74, 6) is 0. The van der Waals surface area contributed by atoms with Gasteiger partial charge in [0, 0.05) is 6.42 Å². The standard InChI is InChI=1S/C20H25NO3/c1-21-19-17(23-13-15-8-4-2-5-9-15)12-18(20(19)22)24-14-16-10-6-3-7-11-16/h2-11,17-22H,12-14H2,1H3/t17-,18+,19+,20+/m0/s1. The molecule has 1 fully saturated rings. The highest BCUT2D eigenvalue weighted by molar-refractivity contribution is 5.14. The number of ether oxygens (including phenoxy) is 2. The Labute approximate surface area is 143 Å². The summed E-state index contributed by atoms with van der Waals surface area (Å²) in [5, 5.41) is 13.7. The molecule has 1 aliphatic rings. The molecule has 2 N–H and O–H groups in total. The Morgan fingerprint density at radius 1 is 0.875 bits per heavy atom. The van der Waals surface area contributed by atoms with E-state index in [9.17, 15) is 5.11 Å². The van der Waals surface area contributed by atoms with E-state index in [1.54, 1.807) is 0 Å². The SMILES string of the molecule is CN[C@H]1[C@H](O)[C@H](OCc2ccccc2)C[C@@H]1OCc1ccccc1. The van der Waals surface area contributed by atoms with Gasteiger partial charge in [-0.3, -0.25) is 0 Å². The summed E-state index contributed by atoms with van der Waals surface area (Å²) in [6, 6.07) is 20.0. The Morgan fingerprint density at radius 2 is 1.38 bits per heavy atom. The lowest BCUT2D eigenvalue weighted by Gasteiger charge is -2.22. The zero-order valence-electron chi connectivity index (χ0n) is 14.0. The van der Waals surface area contributed by atoms with Gasteiger partial charge in [0.2, 0.25) is 0 Å². The molecule has 2 aromatic carbocycles. The summed E-state index contributed by atoms with van der Waals surface area (Å²) in [6.07, 6.45) is -0.166. The van der Waals surface area contributed by atoms with Crippen molar-refractivity contribution < 1.29 is 14.6 Å². The van der Waals surface area contributed by atoms with E-state index >= 15 is 0 Å². The van der Waals surface area contributed by atoms with Crippen molar-refractivity contribution in [3.8, 4) is 0 Å². The van der Waals surface area contributed by atoms with Crippen molar-refractivity contribution in [1.82, 2.24) is 5.32 Å². The van der Waals surface area contributed by atoms with E-state index in [1.165, 1.54) is 0 Å². The largest absolute Gasteiger partial charge is 0.389 e. The van der Waals surface area contributed by atoms with Gasteiger partial charge in [-0.1, -0.05) is 60.7 Å². The molecule has 4 heteroatoms. The average Bonchev–Trinajstić information content (AvgIpc) is 2.95. The van der Waals surface area contributed by atoms with Crippen molar-refractivity contribution in [2.75, 3.05) is 7.05 Å². The van der Waals surface area contributed by atoms with Crippen LogP contribution >= 0.6 is 0 Å². The molecule has 0 bridgehead atoms. The second kappa shape index (κ2) is 8.40. The third-order valence-electron chi connectivity index (χ3n) is 4.56. The molecule has 0 radical (unpaired) electrons. The first-order chi connectivity index (χ1) is 11.8. The second-order valence-electron chi connectivity index (χ2n) is 6.21. The lowest BCUT2D eigenvalue weighted by Crippen LogP contribution is -2.44. The summed E-state index contributed by atoms with van der Waals surface area (Å²) in [4.78, 5) is 0. The first-order valence-corrected chi connectivity index (χ1v) is 8.44. The summed E-state index contributed by atoms with van der Waals surface area (Å²) >= 11 is 0. The first-order valence-electron chi connectivity index (χ1n) is 8.44. The minimum Gasteiger partial charge on any atom is -0.389 e. The Kier molecular flexibility index (Phi) is 5.99. The molecule has 4 atom stereocenters. The summed E-state index contributed by atoms with van der Waals surface area (Å²) < 4.78 is 12.0. The molecule has 2 aromatic rings. The van der Waals surface area contributed by atoms with Crippen LogP contribution < -0.4 is 5.32 Å². The smallest absolute Gasteiger partial charge is 0.0980 e. The van der Waals surface area contributed by atoms with Crippen molar-refractivity contribution >= 4 is 0 Å². The Balaban J connectivity index is 1.55. The van der Waals surface area contributed by atoms with Gasteiger partial charge in [-0.25, -0.2) is 0 Å². The van der Waals surface area contributed by atoms with Gasteiger partial charge in [0.15, 0.2) is 0 Å². The van der Waals surface area contributed by atoms with Crippen molar-refractivity contribution in [2.24, 2.45) is 0 Å². The molecule has 3 rings (SSSR count). The highest BCUT2D eigenvalue weighted by Crippen LogP contribution is 2.27. The Bertz CT molecular complexity index is 605. The highest BCUT2D eigenvalue weighted by Gasteiger charge is 2.43. The summed E-state index contributed by atoms with van der Waals surface area (Å²) in [5.41, 5.74) is 2.25. The molecule has 0 aliphatic heterocycles. The zero-order valence-corrected chi connectivity index (χ0v) is 14.0. The molecular formula is C20H25NO3. The molecule has 0 heterocycles. The van der Waals surface area contributed by atoms with E-state index in [1.807, 2.05) is 67.7 Å². The number of benzene rings is 2. The van der Waals surface area contributed by atoms with Crippen LogP contribution in [0.4, 0.5) is 0 Å². The van der Waals surface area contributed by atoms with Gasteiger partial charge in [-0.05, 0) is 18.2 Å². The first kappa shape index (κ1) is 17.1. The molecular weight excluding hydrogens is 302 g/mol. The van der Waals surface area contributed by atoms with Crippen LogP contribution in [0.3, 0.4) is 0 Å². The van der Waals surface area contributed by atoms with Crippen LogP contribution in [-0.2, 0) is 22.7 Å². The van der Waals surface area contributed by atoms with Gasteiger partial charge in [0.1, 0.15) is 0 Å². The summed E-state index contributed by atoms with van der Waals surface area (Å²) in [6.45, 7) is 1.05. The Hall–Kier alpha value is -1.72. The van der Waals surface area contributed by atoms with Crippen LogP contribution in [0.1, 0.15) is 17.5 Å². The molecule has 0 saturated heterocycles. The average molecular weight is 327 g/mol. The number of likely N-dealkylation sites (N-methyl/N-ethyl adjacent to an activating group) is 1. The maximum atomic E-state index is 10.5. The fraction of sp³-hybridized carbons (Fsp3) is 0.400. The molecule has 1 saturated carbocycles. The third-order valence-corrected chi connectivity index (χ3v) is 4.56. The number of aliphatic hydroxyl groups is 1. The molecule has 1 aliphatic carbocycles. The predicted molar refractivity (Wildman–Crippen MR) is 93.5 cm³/mol. The van der Waals surface area contributed by atoms with Crippen molar-refractivity contribution in [2.45, 2.75) is 44.0 Å². The molecule has 0 aromatic heterocycles. The minimum absolute atomic E-state index is 0.0639. The fourth-order valence-electron chi connectivity index (χ4n) is 3.22. The van der Waals surface area contributed by atoms with E-state index in [0.717, 1.165) is 11.1 Å². The normalized spacial score (nSPS) is 26.6. The molecule has 0 amide bonds. The monoisotopic (exact) mass is 327 g/mol. The van der Waals surface area contributed by atoms with Crippen LogP contribution in [0.2, 0.25) is 0 Å². The van der Waals surface area contributed by atoms with Crippen LogP contribution in [0.5, 0.6) is 0 Å². The van der Waals surface area contributed by atoms with E-state index in [4.69, 9.17) is 9.47 Å². The lowest BCUT2D eigenvalue weighted by molar-refractivity contribution is -0.0338. The van der Waals surface area contributed by atoms with E-state index < -0.39 is 6.10 Å². The second-order valence-corrected chi connectivity index (χ2v) is 6.21. The maximum Gasteiger partial charge on any atom is 0.0980 e. The molecule has 24 heavy (non-hydrogen) atoms. The number of hydrogen-bond donors (Lipinski definition) is 2. The predicted octanol–water partition coefficient (Wildman–Crippen LogP) is 2.51. The quantitative estimate of drug-likeness (QED) is 0.820. The number of hydrogen-bond acceptors (Lipinski definition) is 4. The minimum atomic E-state index is -0.570. The number of rotatable bonds is 7. The van der Waals surface area contributed by atoms with Gasteiger partial charge < -0.3 is 19.9 Å². The van der Waals surface area contributed by atoms with Crippen LogP contribution in [0.15, 0.2) is 60.7 Å². The third kappa shape index (κ3) is 4.22. The molecule has 0 unspecified atom stereocenters. The van der Waals surface area contributed by atoms with E-state index in [2.05, 4.69) is 5.32 Å². The lowest BCUT2D eigenvalue weighted by atomic mass is 10.2. The van der Waals surface area contributed by atoms with Crippen LogP contribution in [0, 0.1) is 0 Å².